The normalized spacial score (nSPS) is 20.6. The number of rotatable bonds is 3. The summed E-state index contributed by atoms with van der Waals surface area (Å²) in [5.74, 6) is -0.669. The zero-order valence-corrected chi connectivity index (χ0v) is 9.53. The molecule has 0 bridgehead atoms. The van der Waals surface area contributed by atoms with E-state index in [9.17, 15) is 9.18 Å². The lowest BCUT2D eigenvalue weighted by Crippen LogP contribution is -2.27. The molecule has 1 heterocycles. The predicted octanol–water partition coefficient (Wildman–Crippen LogP) is 0.715. The third-order valence-electron chi connectivity index (χ3n) is 3.06. The summed E-state index contributed by atoms with van der Waals surface area (Å²) in [6, 6.07) is 4.51. The summed E-state index contributed by atoms with van der Waals surface area (Å²) in [5, 5.41) is 0. The second-order valence-corrected chi connectivity index (χ2v) is 4.52. The largest absolute Gasteiger partial charge is 0.399 e. The van der Waals surface area contributed by atoms with Gasteiger partial charge in [0.15, 0.2) is 0 Å². The predicted molar refractivity (Wildman–Crippen MR) is 63.4 cm³/mol. The highest BCUT2D eigenvalue weighted by Gasteiger charge is 2.26. The maximum atomic E-state index is 13.1. The molecule has 1 aromatic rings. The van der Waals surface area contributed by atoms with Crippen molar-refractivity contribution in [3.63, 3.8) is 0 Å². The molecule has 4 N–H and O–H groups in total. The van der Waals surface area contributed by atoms with E-state index >= 15 is 0 Å². The Labute approximate surface area is 99.4 Å². The minimum Gasteiger partial charge on any atom is -0.399 e. The molecule has 2 rings (SSSR count). The van der Waals surface area contributed by atoms with Gasteiger partial charge in [-0.2, -0.15) is 0 Å². The van der Waals surface area contributed by atoms with Crippen LogP contribution >= 0.6 is 0 Å². The fraction of sp³-hybridized carbons (Fsp3) is 0.417. The van der Waals surface area contributed by atoms with Gasteiger partial charge < -0.3 is 11.5 Å². The molecule has 0 saturated carbocycles. The number of nitrogens with two attached hydrogens (primary N) is 2. The first-order valence-electron chi connectivity index (χ1n) is 5.61. The summed E-state index contributed by atoms with van der Waals surface area (Å²) >= 11 is 0. The maximum Gasteiger partial charge on any atom is 0.221 e. The van der Waals surface area contributed by atoms with Crippen molar-refractivity contribution in [3.8, 4) is 0 Å². The van der Waals surface area contributed by atoms with Crippen LogP contribution in [0.2, 0.25) is 0 Å². The Morgan fingerprint density at radius 1 is 1.47 bits per heavy atom. The number of nitrogens with zero attached hydrogens (tertiary/aromatic N) is 1. The first-order chi connectivity index (χ1) is 8.04. The van der Waals surface area contributed by atoms with Gasteiger partial charge in [-0.25, -0.2) is 4.39 Å². The van der Waals surface area contributed by atoms with E-state index in [1.54, 1.807) is 6.07 Å². The highest BCUT2D eigenvalue weighted by molar-refractivity contribution is 5.77. The summed E-state index contributed by atoms with van der Waals surface area (Å²) in [6.07, 6.45) is 0.778. The molecule has 17 heavy (non-hydrogen) atoms. The maximum absolute atomic E-state index is 13.1. The summed E-state index contributed by atoms with van der Waals surface area (Å²) in [5.41, 5.74) is 12.1. The van der Waals surface area contributed by atoms with E-state index in [0.717, 1.165) is 18.5 Å². The number of nitrogen functional groups attached to an aromatic ring is 1. The zero-order chi connectivity index (χ0) is 12.4. The Balaban J connectivity index is 2.00. The first-order valence-corrected chi connectivity index (χ1v) is 5.61. The summed E-state index contributed by atoms with van der Waals surface area (Å²) in [4.78, 5) is 13.1. The van der Waals surface area contributed by atoms with Crippen LogP contribution in [0.1, 0.15) is 12.0 Å². The van der Waals surface area contributed by atoms with E-state index < -0.39 is 0 Å². The fourth-order valence-electron chi connectivity index (χ4n) is 2.23. The van der Waals surface area contributed by atoms with E-state index in [4.69, 9.17) is 11.5 Å². The van der Waals surface area contributed by atoms with E-state index in [0.29, 0.717) is 18.8 Å². The molecule has 1 aliphatic rings. The van der Waals surface area contributed by atoms with E-state index in [-0.39, 0.29) is 17.6 Å². The minimum absolute atomic E-state index is 0.0825. The standard InChI is InChI=1S/C12H16FN3O/c13-10-3-8(4-11(14)5-10)6-16-2-1-9(7-16)12(15)17/h3-5,9H,1-2,6-7,14H2,(H2,15,17). The minimum atomic E-state index is -0.328. The van der Waals surface area contributed by atoms with Gasteiger partial charge in [-0.15, -0.1) is 0 Å². The van der Waals surface area contributed by atoms with Crippen molar-refractivity contribution in [2.75, 3.05) is 18.8 Å². The van der Waals surface area contributed by atoms with Crippen LogP contribution < -0.4 is 11.5 Å². The SMILES string of the molecule is NC(=O)C1CCN(Cc2cc(N)cc(F)c2)C1. The van der Waals surface area contributed by atoms with Crippen molar-refractivity contribution in [2.24, 2.45) is 11.7 Å². The molecule has 1 atom stereocenters. The van der Waals surface area contributed by atoms with Crippen molar-refractivity contribution < 1.29 is 9.18 Å². The molecular weight excluding hydrogens is 221 g/mol. The van der Waals surface area contributed by atoms with Gasteiger partial charge in [0.2, 0.25) is 5.91 Å². The highest BCUT2D eigenvalue weighted by atomic mass is 19.1. The third-order valence-corrected chi connectivity index (χ3v) is 3.06. The Kier molecular flexibility index (Phi) is 3.28. The van der Waals surface area contributed by atoms with E-state index in [1.807, 2.05) is 0 Å². The number of hydrogen-bond acceptors (Lipinski definition) is 3. The molecule has 1 amide bonds. The summed E-state index contributed by atoms with van der Waals surface area (Å²) < 4.78 is 13.1. The average Bonchev–Trinajstić information content (AvgIpc) is 2.64. The lowest BCUT2D eigenvalue weighted by molar-refractivity contribution is -0.121. The molecule has 1 unspecified atom stereocenters. The number of likely N-dealkylation sites (tertiary alicyclic amines) is 1. The van der Waals surface area contributed by atoms with Crippen LogP contribution in [0.4, 0.5) is 10.1 Å². The summed E-state index contributed by atoms with van der Waals surface area (Å²) in [6.45, 7) is 2.06. The Hall–Kier alpha value is -1.62. The molecule has 0 spiro atoms. The average molecular weight is 237 g/mol. The number of anilines is 1. The van der Waals surface area contributed by atoms with Crippen molar-refractivity contribution in [1.29, 1.82) is 0 Å². The molecule has 0 aromatic heterocycles. The Morgan fingerprint density at radius 3 is 2.82 bits per heavy atom. The van der Waals surface area contributed by atoms with Crippen LogP contribution in [-0.2, 0) is 11.3 Å². The molecule has 4 nitrogen and oxygen atoms in total. The smallest absolute Gasteiger partial charge is 0.221 e. The fourth-order valence-corrected chi connectivity index (χ4v) is 2.23. The van der Waals surface area contributed by atoms with Gasteiger partial charge in [0.1, 0.15) is 5.82 Å². The van der Waals surface area contributed by atoms with Crippen LogP contribution in [-0.4, -0.2) is 23.9 Å². The molecule has 92 valence electrons. The van der Waals surface area contributed by atoms with Gasteiger partial charge in [-0.3, -0.25) is 9.69 Å². The van der Waals surface area contributed by atoms with Crippen LogP contribution in [0.5, 0.6) is 0 Å². The molecule has 1 aliphatic heterocycles. The Morgan fingerprint density at radius 2 is 2.24 bits per heavy atom. The zero-order valence-electron chi connectivity index (χ0n) is 9.53. The van der Waals surface area contributed by atoms with Gasteiger partial charge in [0.05, 0.1) is 5.92 Å². The number of benzene rings is 1. The quantitative estimate of drug-likeness (QED) is 0.761. The van der Waals surface area contributed by atoms with Crippen LogP contribution in [0.3, 0.4) is 0 Å². The lowest BCUT2D eigenvalue weighted by Gasteiger charge is -2.15. The monoisotopic (exact) mass is 237 g/mol. The second-order valence-electron chi connectivity index (χ2n) is 4.52. The van der Waals surface area contributed by atoms with Gasteiger partial charge in [0, 0.05) is 18.8 Å². The van der Waals surface area contributed by atoms with Gasteiger partial charge in [0.25, 0.3) is 0 Å². The van der Waals surface area contributed by atoms with Gasteiger partial charge >= 0.3 is 0 Å². The molecular formula is C12H16FN3O. The number of halogens is 1. The highest BCUT2D eigenvalue weighted by Crippen LogP contribution is 2.19. The second kappa shape index (κ2) is 4.71. The first kappa shape index (κ1) is 11.9. The number of hydrogen-bond donors (Lipinski definition) is 2. The van der Waals surface area contributed by atoms with Crippen molar-refractivity contribution >= 4 is 11.6 Å². The number of amides is 1. The topological polar surface area (TPSA) is 72.4 Å². The molecule has 0 aliphatic carbocycles. The van der Waals surface area contributed by atoms with Gasteiger partial charge in [-0.05, 0) is 36.7 Å². The molecule has 5 heteroatoms. The van der Waals surface area contributed by atoms with Crippen LogP contribution in [0, 0.1) is 11.7 Å². The van der Waals surface area contributed by atoms with Crippen molar-refractivity contribution in [3.05, 3.63) is 29.6 Å². The molecule has 1 fully saturated rings. The van der Waals surface area contributed by atoms with Crippen molar-refractivity contribution in [2.45, 2.75) is 13.0 Å². The number of carbonyl (C=O) groups is 1. The number of carbonyl (C=O) groups excluding carboxylic acids is 1. The van der Waals surface area contributed by atoms with E-state index in [2.05, 4.69) is 4.90 Å². The number of primary amides is 1. The van der Waals surface area contributed by atoms with Crippen LogP contribution in [0.15, 0.2) is 18.2 Å². The van der Waals surface area contributed by atoms with E-state index in [1.165, 1.54) is 12.1 Å². The molecule has 1 aromatic carbocycles. The lowest BCUT2D eigenvalue weighted by atomic mass is 10.1. The van der Waals surface area contributed by atoms with Crippen molar-refractivity contribution in [1.82, 2.24) is 4.90 Å². The summed E-state index contributed by atoms with van der Waals surface area (Å²) in [7, 11) is 0. The molecule has 0 radical (unpaired) electrons. The van der Waals surface area contributed by atoms with Gasteiger partial charge in [-0.1, -0.05) is 0 Å². The third kappa shape index (κ3) is 2.94. The Bertz CT molecular complexity index is 416. The molecule has 1 saturated heterocycles. The van der Waals surface area contributed by atoms with Crippen LogP contribution in [0.25, 0.3) is 0 Å².